The normalized spacial score (nSPS) is 12.4. The second-order valence-electron chi connectivity index (χ2n) is 29.2. The van der Waals surface area contributed by atoms with Gasteiger partial charge in [-0.1, -0.05) is 144 Å². The van der Waals surface area contributed by atoms with Gasteiger partial charge >= 0.3 is 5.97 Å². The van der Waals surface area contributed by atoms with Crippen molar-refractivity contribution < 1.29 is 41.4 Å². The number of carbonyl (C=O) groups excluding carboxylic acids is 2. The number of anilines is 4. The maximum absolute atomic E-state index is 12.9. The number of ether oxygens (including phenoxy) is 1. The number of Topliss-reactive ketones (excluding diaryl/α,β-unsaturated/α-hetero) is 1. The molecule has 12 aromatic heterocycles. The molecule has 650 valence electrons. The topological polar surface area (TPSA) is 363 Å². The van der Waals surface area contributed by atoms with Gasteiger partial charge in [-0.2, -0.15) is 0 Å². The minimum atomic E-state index is -1.19. The summed E-state index contributed by atoms with van der Waals surface area (Å²) in [5.41, 5.74) is 42.6. The first-order valence-corrected chi connectivity index (χ1v) is 52.6. The fourth-order valence-electron chi connectivity index (χ4n) is 13.5. The van der Waals surface area contributed by atoms with Crippen LogP contribution >= 0.6 is 90.7 Å². The third kappa shape index (κ3) is 22.6. The van der Waals surface area contributed by atoms with Crippen molar-refractivity contribution in [2.75, 3.05) is 66.6 Å². The van der Waals surface area contributed by atoms with Gasteiger partial charge in [0.15, 0.2) is 5.78 Å². The number of nitrogens with zero attached hydrogens (tertiary/aromatic N) is 9. The first-order chi connectivity index (χ1) is 60.6. The highest BCUT2D eigenvalue weighted by molar-refractivity contribution is 7.88. The van der Waals surface area contributed by atoms with E-state index in [0.717, 1.165) is 197 Å². The molecule has 12 heterocycles. The lowest BCUT2D eigenvalue weighted by atomic mass is 9.97. The maximum Gasteiger partial charge on any atom is 0.302 e. The van der Waals surface area contributed by atoms with Gasteiger partial charge in [0.1, 0.15) is 85.6 Å². The zero-order valence-corrected chi connectivity index (χ0v) is 79.7. The Labute approximate surface area is 767 Å². The summed E-state index contributed by atoms with van der Waals surface area (Å²) in [6.45, 7) is 10.8. The fourth-order valence-corrected chi connectivity index (χ4v) is 27.0. The molecule has 0 amide bonds. The Morgan fingerprint density at radius 2 is 0.736 bits per heavy atom. The average molecular weight is 1900 g/mol. The number of carbonyl (C=O) groups is 2. The molecule has 16 rings (SSSR count). The van der Waals surface area contributed by atoms with Crippen LogP contribution in [0.25, 0.3) is 128 Å². The number of aliphatic hydroxyl groups is 2. The number of benzene rings is 4. The number of hydrogen-bond donors (Lipinski definition) is 6. The lowest BCUT2D eigenvalue weighted by Crippen LogP contribution is -2.10. The van der Waals surface area contributed by atoms with Crippen molar-refractivity contribution in [3.63, 3.8) is 0 Å². The zero-order chi connectivity index (χ0) is 88.4. The second kappa shape index (κ2) is 44.4. The molecule has 0 aliphatic heterocycles. The average Bonchev–Trinajstić information content (AvgIpc) is 1.64. The predicted molar refractivity (Wildman–Crippen MR) is 526 cm³/mol. The van der Waals surface area contributed by atoms with E-state index in [4.69, 9.17) is 52.7 Å². The van der Waals surface area contributed by atoms with Crippen LogP contribution in [-0.4, -0.2) is 127 Å². The predicted octanol–water partition coefficient (Wildman–Crippen LogP) is 21.9. The number of hydrogen-bond acceptors (Lipinski definition) is 30. The summed E-state index contributed by atoms with van der Waals surface area (Å²) in [6.07, 6.45) is 15.3. The van der Waals surface area contributed by atoms with Gasteiger partial charge in [0, 0.05) is 123 Å². The highest BCUT2D eigenvalue weighted by Crippen LogP contribution is 2.49. The van der Waals surface area contributed by atoms with Gasteiger partial charge in [0.05, 0.1) is 72.6 Å². The van der Waals surface area contributed by atoms with E-state index in [9.17, 15) is 31.5 Å². The summed E-state index contributed by atoms with van der Waals surface area (Å²) in [5, 5.41) is 32.7. The van der Waals surface area contributed by atoms with Gasteiger partial charge in [-0.25, -0.2) is 39.9 Å². The number of esters is 1. The van der Waals surface area contributed by atoms with E-state index in [1.54, 1.807) is 42.2 Å². The number of nitrogens with two attached hydrogens (primary N) is 4. The van der Waals surface area contributed by atoms with Crippen LogP contribution in [0.1, 0.15) is 126 Å². The number of pyridine rings is 4. The van der Waals surface area contributed by atoms with Crippen molar-refractivity contribution in [2.45, 2.75) is 135 Å². The van der Waals surface area contributed by atoms with Crippen LogP contribution in [0.5, 0.6) is 0 Å². The van der Waals surface area contributed by atoms with E-state index in [-0.39, 0.29) is 38.0 Å². The highest BCUT2D eigenvalue weighted by atomic mass is 32.2. The number of thiazole rings is 4. The van der Waals surface area contributed by atoms with E-state index >= 15 is 0 Å². The Morgan fingerprint density at radius 1 is 0.416 bits per heavy atom. The molecule has 0 saturated heterocycles. The number of rotatable bonds is 33. The van der Waals surface area contributed by atoms with Crippen LogP contribution < -0.4 is 22.9 Å². The molecule has 0 aliphatic carbocycles. The number of ketones is 1. The monoisotopic (exact) mass is 1900 g/mol. The molecule has 4 aromatic carbocycles. The first-order valence-electron chi connectivity index (χ1n) is 40.6. The van der Waals surface area contributed by atoms with Crippen molar-refractivity contribution >= 4 is 209 Å². The Morgan fingerprint density at radius 3 is 1.02 bits per heavy atom. The van der Waals surface area contributed by atoms with Gasteiger partial charge in [-0.15, -0.1) is 90.7 Å². The van der Waals surface area contributed by atoms with E-state index in [1.807, 2.05) is 106 Å². The smallest absolute Gasteiger partial charge is 0.302 e. The summed E-state index contributed by atoms with van der Waals surface area (Å²) in [7, 11) is -0.462. The molecule has 0 aliphatic rings. The van der Waals surface area contributed by atoms with E-state index in [2.05, 4.69) is 97.0 Å². The Hall–Kier alpha value is -9.34. The maximum atomic E-state index is 12.9. The summed E-state index contributed by atoms with van der Waals surface area (Å²) in [4.78, 5) is 65.8. The number of nitrogen functional groups attached to an aromatic ring is 4. The number of fused-ring (bicyclic) bond motifs is 4. The molecule has 22 nitrogen and oxygen atoms in total. The third-order valence-electron chi connectivity index (χ3n) is 19.8. The lowest BCUT2D eigenvalue weighted by molar-refractivity contribution is -0.142. The Kier molecular flexibility index (Phi) is 33.1. The van der Waals surface area contributed by atoms with Crippen LogP contribution in [0.4, 0.5) is 22.7 Å². The summed E-state index contributed by atoms with van der Waals surface area (Å²) in [5.74, 6) is 2.06. The second-order valence-corrected chi connectivity index (χ2v) is 43.9. The van der Waals surface area contributed by atoms with Gasteiger partial charge in [0.25, 0.3) is 0 Å². The van der Waals surface area contributed by atoms with E-state index in [1.165, 1.54) is 91.8 Å². The molecule has 4 unspecified atom stereocenters. The van der Waals surface area contributed by atoms with Crippen LogP contribution in [0.15, 0.2) is 184 Å². The molecule has 16 aromatic rings. The Balaban J connectivity index is 0.000000143. The van der Waals surface area contributed by atoms with Crippen molar-refractivity contribution in [3.8, 4) is 87.3 Å². The number of unbranched alkanes of at least 4 members (excludes halogenated alkanes) is 4. The first kappa shape index (κ1) is 93.3. The van der Waals surface area contributed by atoms with Gasteiger partial charge in [-0.05, 0) is 138 Å². The van der Waals surface area contributed by atoms with Crippen molar-refractivity contribution in [1.29, 1.82) is 0 Å². The van der Waals surface area contributed by atoms with Crippen molar-refractivity contribution in [2.24, 2.45) is 0 Å². The summed E-state index contributed by atoms with van der Waals surface area (Å²) >= 11 is 11.7. The van der Waals surface area contributed by atoms with Gasteiger partial charge in [-0.3, -0.25) is 26.4 Å². The molecule has 0 fully saturated rings. The standard InChI is InChI=1S/C24H25N3O3S3.C23H26N4OS3.C23H23N3O3S3.C21H21N3O2S3/c1-2-3-12-33(30)24-21(25)20-17(14-18(27-23(20)32-24)22-26-9-11-31-22)15-6-4-7-16(13-15)19(29)8-5-10-28;1-4-5-12-31(28)23-20(24)19-17(16-8-6-15(7-9-16)14-27(2)3)13-18(26-22(19)30-23)21-25-10-11-29-21;1-3-4-11-32(28)23-20(24)19-17(16-7-5-15(6-8-16)13-29-14(2)27)12-18(26-22(19)31-23)21-25-9-10-30-21;1-2-3-10-29(26)21-18(22)17-15(14-6-4-13(12-25)5-7-14)11-16(24-20(17)28-21)19-23-8-9-27-19/h4,6-7,9,11,13-14,28H,2-3,5,8,10,12,25H2,1H3;6-11,13H,4-5,12,14,24H2,1-3H3;5-10,12H,3-4,11,13,24H2,1-2H3;4-9,11,25H,2-3,10,12,22H2,1H3. The quantitative estimate of drug-likeness (QED) is 0.0164. The molecular formula is C91H95N13O9S12. The molecule has 0 spiro atoms. The van der Waals surface area contributed by atoms with Crippen molar-refractivity contribution in [3.05, 3.63) is 190 Å². The molecule has 10 N–H and O–H groups in total. The number of aliphatic hydroxyl groups excluding tert-OH is 2. The molecule has 125 heavy (non-hydrogen) atoms. The zero-order valence-electron chi connectivity index (χ0n) is 69.9. The van der Waals surface area contributed by atoms with Gasteiger partial charge < -0.3 is 42.8 Å². The summed E-state index contributed by atoms with van der Waals surface area (Å²) in [6, 6.07) is 39.5. The van der Waals surface area contributed by atoms with Crippen molar-refractivity contribution in [1.82, 2.24) is 44.8 Å². The van der Waals surface area contributed by atoms with Crippen LogP contribution in [-0.2, 0) is 72.5 Å². The minimum absolute atomic E-state index is 0.00243. The van der Waals surface area contributed by atoms with Gasteiger partial charge in [0.2, 0.25) is 0 Å². The molecule has 0 saturated carbocycles. The summed E-state index contributed by atoms with van der Waals surface area (Å²) < 4.78 is 59.4. The van der Waals surface area contributed by atoms with Crippen LogP contribution in [0.3, 0.4) is 0 Å². The van der Waals surface area contributed by atoms with E-state index < -0.39 is 43.2 Å². The SMILES string of the molecule is CCCCS(=O)c1sc2nc(-c3nccs3)cc(-c3ccc(CN(C)C)cc3)c2c1N.CCCCS(=O)c1sc2nc(-c3nccs3)cc(-c3ccc(CO)cc3)c2c1N.CCCCS(=O)c1sc2nc(-c3nccs3)cc(-c3ccc(COC(C)=O)cc3)c2c1N.CCCCS(=O)c1sc2nc(-c3nccs3)cc(-c3cccc(C(=O)CCCO)c3)c2c1N. The highest BCUT2D eigenvalue weighted by Gasteiger charge is 2.28. The number of thiophene rings is 4. The van der Waals surface area contributed by atoms with E-state index in [0.29, 0.717) is 75.2 Å². The molecule has 34 heteroatoms. The molecule has 4 atom stereocenters. The van der Waals surface area contributed by atoms with Crippen LogP contribution in [0, 0.1) is 0 Å². The third-order valence-corrected chi connectivity index (χ3v) is 35.0. The Bertz CT molecular complexity index is 6470. The number of aromatic nitrogens is 8. The minimum Gasteiger partial charge on any atom is -0.461 e. The molecule has 0 bridgehead atoms. The van der Waals surface area contributed by atoms with Crippen LogP contribution in [0.2, 0.25) is 0 Å². The molecule has 0 radical (unpaired) electrons. The fraction of sp³-hybridized carbons (Fsp3) is 0.275. The molecular weight excluding hydrogens is 1800 g/mol. The largest absolute Gasteiger partial charge is 0.461 e. The lowest BCUT2D eigenvalue weighted by Gasteiger charge is -2.11.